The van der Waals surface area contributed by atoms with Gasteiger partial charge in [-0.25, -0.2) is 9.67 Å². The van der Waals surface area contributed by atoms with Crippen LogP contribution in [0.4, 0.5) is 11.4 Å². The maximum atomic E-state index is 11.0. The molecule has 0 amide bonds. The van der Waals surface area contributed by atoms with Crippen LogP contribution < -0.4 is 9.81 Å². The number of aromatic nitrogens is 1. The molecule has 0 saturated carbocycles. The molecular weight excluding hydrogens is 388 g/mol. The lowest BCUT2D eigenvalue weighted by Crippen LogP contribution is -2.48. The molecule has 7 nitrogen and oxygen atoms in total. The zero-order valence-electron chi connectivity index (χ0n) is 16.4. The van der Waals surface area contributed by atoms with Gasteiger partial charge in [-0.1, -0.05) is 17.7 Å². The van der Waals surface area contributed by atoms with Crippen molar-refractivity contribution in [1.82, 2.24) is 4.68 Å². The van der Waals surface area contributed by atoms with Crippen LogP contribution in [0, 0.1) is 24.0 Å². The number of aryl methyl sites for hydroxylation is 2. The first-order valence-corrected chi connectivity index (χ1v) is 10.3. The van der Waals surface area contributed by atoms with Gasteiger partial charge >= 0.3 is 0 Å². The third-order valence-corrected chi connectivity index (χ3v) is 5.71. The monoisotopic (exact) mass is 410 g/mol. The number of nitro benzene ring substituents is 1. The Morgan fingerprint density at radius 2 is 1.83 bits per heavy atom. The van der Waals surface area contributed by atoms with Gasteiger partial charge in [0.05, 0.1) is 42.6 Å². The van der Waals surface area contributed by atoms with Crippen LogP contribution in [0.5, 0.6) is 0 Å². The lowest BCUT2D eigenvalue weighted by atomic mass is 10.1. The summed E-state index contributed by atoms with van der Waals surface area (Å²) in [7, 11) is 0. The Bertz CT molecular complexity index is 1100. The Labute approximate surface area is 172 Å². The van der Waals surface area contributed by atoms with Crippen LogP contribution in [0.3, 0.4) is 0 Å². The summed E-state index contributed by atoms with van der Waals surface area (Å²) < 4.78 is 7.64. The molecule has 29 heavy (non-hydrogen) atoms. The Hall–Kier alpha value is -2.97. The maximum absolute atomic E-state index is 11.0. The van der Waals surface area contributed by atoms with Crippen molar-refractivity contribution in [1.29, 1.82) is 0 Å². The molecule has 1 aliphatic rings. The zero-order chi connectivity index (χ0) is 20.4. The predicted molar refractivity (Wildman–Crippen MR) is 114 cm³/mol. The van der Waals surface area contributed by atoms with Crippen LogP contribution in [-0.4, -0.2) is 35.9 Å². The number of thiazole rings is 1. The summed E-state index contributed by atoms with van der Waals surface area (Å²) in [5.74, 6) is 0. The van der Waals surface area contributed by atoms with E-state index in [1.54, 1.807) is 23.5 Å². The molecule has 1 saturated heterocycles. The second kappa shape index (κ2) is 8.18. The summed E-state index contributed by atoms with van der Waals surface area (Å²) in [6, 6.07) is 12.9. The van der Waals surface area contributed by atoms with Crippen LogP contribution in [0.1, 0.15) is 11.1 Å². The molecule has 4 rings (SSSR count). The maximum Gasteiger partial charge on any atom is 0.269 e. The fraction of sp³-hybridized carbons (Fsp3) is 0.286. The van der Waals surface area contributed by atoms with Crippen molar-refractivity contribution >= 4 is 22.7 Å². The lowest BCUT2D eigenvalue weighted by molar-refractivity contribution is -0.384. The standard InChI is InChI=1S/C21H22N4O3S/c1-15-3-8-19(16(2)13-15)22-21-24(23-9-11-28-12-10-23)20(14-29-21)17-4-6-18(7-5-17)25(26)27/h3-8,13-14H,9-12H2,1-2H3. The van der Waals surface area contributed by atoms with Crippen LogP contribution >= 0.6 is 11.3 Å². The third-order valence-electron chi connectivity index (χ3n) is 4.90. The molecule has 2 heterocycles. The first-order chi connectivity index (χ1) is 14.0. The van der Waals surface area contributed by atoms with E-state index in [-0.39, 0.29) is 10.6 Å². The van der Waals surface area contributed by atoms with Gasteiger partial charge in [-0.3, -0.25) is 10.1 Å². The van der Waals surface area contributed by atoms with Gasteiger partial charge in [-0.15, -0.1) is 11.3 Å². The summed E-state index contributed by atoms with van der Waals surface area (Å²) >= 11 is 1.56. The number of benzene rings is 2. The van der Waals surface area contributed by atoms with Crippen LogP contribution in [0.15, 0.2) is 52.8 Å². The van der Waals surface area contributed by atoms with Gasteiger partial charge in [0, 0.05) is 23.1 Å². The predicted octanol–water partition coefficient (Wildman–Crippen LogP) is 3.94. The van der Waals surface area contributed by atoms with Crippen molar-refractivity contribution in [2.45, 2.75) is 13.8 Å². The van der Waals surface area contributed by atoms with E-state index in [1.807, 2.05) is 6.07 Å². The average Bonchev–Trinajstić information content (AvgIpc) is 3.14. The van der Waals surface area contributed by atoms with E-state index in [1.165, 1.54) is 17.7 Å². The number of nitro groups is 1. The molecule has 1 aromatic heterocycles. The molecule has 3 aromatic rings. The van der Waals surface area contributed by atoms with Gasteiger partial charge in [0.1, 0.15) is 0 Å². The van der Waals surface area contributed by atoms with E-state index in [4.69, 9.17) is 9.73 Å². The van der Waals surface area contributed by atoms with Gasteiger partial charge < -0.3 is 9.75 Å². The van der Waals surface area contributed by atoms with Gasteiger partial charge in [-0.2, -0.15) is 0 Å². The average molecular weight is 410 g/mol. The summed E-state index contributed by atoms with van der Waals surface area (Å²) in [5.41, 5.74) is 5.25. The highest BCUT2D eigenvalue weighted by atomic mass is 32.1. The fourth-order valence-electron chi connectivity index (χ4n) is 3.39. The first kappa shape index (κ1) is 19.4. The number of ether oxygens (including phenoxy) is 1. The topological polar surface area (TPSA) is 72.9 Å². The first-order valence-electron chi connectivity index (χ1n) is 9.43. The third kappa shape index (κ3) is 4.08. The Morgan fingerprint density at radius 3 is 2.48 bits per heavy atom. The highest BCUT2D eigenvalue weighted by molar-refractivity contribution is 7.07. The zero-order valence-corrected chi connectivity index (χ0v) is 17.2. The molecule has 0 aliphatic carbocycles. The van der Waals surface area contributed by atoms with Gasteiger partial charge in [0.25, 0.3) is 5.69 Å². The van der Waals surface area contributed by atoms with E-state index in [0.717, 1.165) is 40.4 Å². The largest absolute Gasteiger partial charge is 0.378 e. The molecule has 8 heteroatoms. The molecule has 0 unspecified atom stereocenters. The van der Waals surface area contributed by atoms with Crippen LogP contribution in [-0.2, 0) is 4.74 Å². The highest BCUT2D eigenvalue weighted by Crippen LogP contribution is 2.25. The fourth-order valence-corrected chi connectivity index (χ4v) is 4.31. The molecule has 0 spiro atoms. The van der Waals surface area contributed by atoms with Crippen LogP contribution in [0.2, 0.25) is 0 Å². The van der Waals surface area contributed by atoms with Crippen molar-refractivity contribution in [3.05, 3.63) is 73.9 Å². The van der Waals surface area contributed by atoms with Crippen molar-refractivity contribution in [2.75, 3.05) is 31.3 Å². The second-order valence-corrected chi connectivity index (χ2v) is 7.82. The minimum Gasteiger partial charge on any atom is -0.378 e. The molecule has 0 bridgehead atoms. The van der Waals surface area contributed by atoms with Gasteiger partial charge in [-0.05, 0) is 37.6 Å². The summed E-state index contributed by atoms with van der Waals surface area (Å²) in [6.45, 7) is 6.98. The number of hydrogen-bond donors (Lipinski definition) is 0. The lowest BCUT2D eigenvalue weighted by Gasteiger charge is -2.31. The van der Waals surface area contributed by atoms with Crippen LogP contribution in [0.25, 0.3) is 11.3 Å². The molecule has 0 radical (unpaired) electrons. The Kier molecular flexibility index (Phi) is 5.46. The summed E-state index contributed by atoms with van der Waals surface area (Å²) in [4.78, 5) is 16.4. The summed E-state index contributed by atoms with van der Waals surface area (Å²) in [5, 5.41) is 15.3. The van der Waals surface area contributed by atoms with E-state index in [9.17, 15) is 10.1 Å². The van der Waals surface area contributed by atoms with Crippen molar-refractivity contribution < 1.29 is 9.66 Å². The van der Waals surface area contributed by atoms with Crippen molar-refractivity contribution in [3.63, 3.8) is 0 Å². The van der Waals surface area contributed by atoms with E-state index >= 15 is 0 Å². The molecular formula is C21H22N4O3S. The Morgan fingerprint density at radius 1 is 1.10 bits per heavy atom. The Balaban J connectivity index is 1.84. The highest BCUT2D eigenvalue weighted by Gasteiger charge is 2.18. The molecule has 0 N–H and O–H groups in total. The SMILES string of the molecule is Cc1ccc(N=c2scc(-c3ccc([N+](=O)[O-])cc3)n2N2CCOCC2)c(C)c1. The second-order valence-electron chi connectivity index (χ2n) is 6.99. The molecule has 1 aliphatic heterocycles. The van der Waals surface area contributed by atoms with E-state index in [2.05, 4.69) is 41.0 Å². The van der Waals surface area contributed by atoms with Gasteiger partial charge in [0.15, 0.2) is 0 Å². The number of rotatable bonds is 4. The minimum absolute atomic E-state index is 0.0853. The van der Waals surface area contributed by atoms with E-state index in [0.29, 0.717) is 13.2 Å². The van der Waals surface area contributed by atoms with E-state index < -0.39 is 0 Å². The van der Waals surface area contributed by atoms with Gasteiger partial charge in [0.2, 0.25) is 4.80 Å². The molecule has 150 valence electrons. The van der Waals surface area contributed by atoms with Crippen molar-refractivity contribution in [3.8, 4) is 11.3 Å². The normalized spacial score (nSPS) is 15.0. The minimum atomic E-state index is -0.381. The number of hydrogen-bond acceptors (Lipinski definition) is 6. The molecule has 2 aromatic carbocycles. The number of morpholine rings is 1. The quantitative estimate of drug-likeness (QED) is 0.482. The smallest absolute Gasteiger partial charge is 0.269 e. The number of nitrogens with zero attached hydrogens (tertiary/aromatic N) is 4. The number of non-ortho nitro benzene ring substituents is 1. The van der Waals surface area contributed by atoms with Crippen molar-refractivity contribution in [2.24, 2.45) is 4.99 Å². The summed E-state index contributed by atoms with van der Waals surface area (Å²) in [6.07, 6.45) is 0. The molecule has 1 fully saturated rings. The molecule has 0 atom stereocenters.